The van der Waals surface area contributed by atoms with Gasteiger partial charge in [-0.25, -0.2) is 9.97 Å². The number of aryl methyl sites for hydroxylation is 1. The second-order valence-corrected chi connectivity index (χ2v) is 4.86. The van der Waals surface area contributed by atoms with Gasteiger partial charge in [0.05, 0.1) is 0 Å². The zero-order valence-corrected chi connectivity index (χ0v) is 11.8. The van der Waals surface area contributed by atoms with Crippen molar-refractivity contribution in [1.82, 2.24) is 14.9 Å². The summed E-state index contributed by atoms with van der Waals surface area (Å²) in [7, 11) is 2.14. The van der Waals surface area contributed by atoms with Crippen LogP contribution in [0.1, 0.15) is 25.8 Å². The van der Waals surface area contributed by atoms with Crippen LogP contribution in [0.4, 0.5) is 5.82 Å². The lowest BCUT2D eigenvalue weighted by molar-refractivity contribution is 0.273. The molecule has 4 nitrogen and oxygen atoms in total. The third-order valence-electron chi connectivity index (χ3n) is 2.80. The van der Waals surface area contributed by atoms with Crippen LogP contribution in [0.3, 0.4) is 0 Å². The van der Waals surface area contributed by atoms with Gasteiger partial charge in [-0.15, -0.1) is 0 Å². The number of hydrogen-bond acceptors (Lipinski definition) is 4. The van der Waals surface area contributed by atoms with Crippen LogP contribution in [-0.4, -0.2) is 41.0 Å². The molecule has 0 unspecified atom stereocenters. The third-order valence-corrected chi connectivity index (χ3v) is 2.99. The summed E-state index contributed by atoms with van der Waals surface area (Å²) in [5.74, 6) is 0.831. The molecule has 0 aromatic carbocycles. The summed E-state index contributed by atoms with van der Waals surface area (Å²) >= 11 is 5.75. The number of hydrogen-bond donors (Lipinski definition) is 1. The van der Waals surface area contributed by atoms with Crippen molar-refractivity contribution in [3.8, 4) is 0 Å². The summed E-state index contributed by atoms with van der Waals surface area (Å²) in [4.78, 5) is 10.4. The molecule has 0 aliphatic rings. The van der Waals surface area contributed by atoms with Crippen molar-refractivity contribution < 1.29 is 0 Å². The normalized spacial score (nSPS) is 11.2. The zero-order chi connectivity index (χ0) is 12.8. The number of aromatic nitrogens is 2. The van der Waals surface area contributed by atoms with Crippen LogP contribution in [0.2, 0.25) is 5.28 Å². The molecule has 1 aromatic heterocycles. The van der Waals surface area contributed by atoms with Crippen molar-refractivity contribution in [2.45, 2.75) is 33.2 Å². The van der Waals surface area contributed by atoms with Gasteiger partial charge >= 0.3 is 0 Å². The van der Waals surface area contributed by atoms with Gasteiger partial charge in [0.1, 0.15) is 5.82 Å². The van der Waals surface area contributed by atoms with E-state index in [1.807, 2.05) is 6.92 Å². The summed E-state index contributed by atoms with van der Waals surface area (Å²) in [6.45, 7) is 8.33. The van der Waals surface area contributed by atoms with Crippen LogP contribution in [0.25, 0.3) is 0 Å². The molecule has 1 aromatic rings. The van der Waals surface area contributed by atoms with Crippen LogP contribution < -0.4 is 5.32 Å². The van der Waals surface area contributed by atoms with Crippen molar-refractivity contribution >= 4 is 17.4 Å². The van der Waals surface area contributed by atoms with Crippen LogP contribution in [0.5, 0.6) is 0 Å². The Morgan fingerprint density at radius 1 is 1.47 bits per heavy atom. The van der Waals surface area contributed by atoms with Gasteiger partial charge in [-0.3, -0.25) is 0 Å². The highest BCUT2D eigenvalue weighted by Crippen LogP contribution is 2.12. The van der Waals surface area contributed by atoms with Crippen molar-refractivity contribution in [1.29, 1.82) is 0 Å². The zero-order valence-electron chi connectivity index (χ0n) is 11.0. The number of nitrogens with zero attached hydrogens (tertiary/aromatic N) is 3. The monoisotopic (exact) mass is 256 g/mol. The number of nitrogens with one attached hydrogen (secondary N) is 1. The highest BCUT2D eigenvalue weighted by molar-refractivity contribution is 6.28. The molecule has 0 aliphatic carbocycles. The first-order valence-corrected chi connectivity index (χ1v) is 6.31. The minimum atomic E-state index is 0.289. The Hall–Kier alpha value is -0.870. The Balaban J connectivity index is 2.33. The van der Waals surface area contributed by atoms with Gasteiger partial charge in [0.25, 0.3) is 0 Å². The van der Waals surface area contributed by atoms with E-state index < -0.39 is 0 Å². The minimum absolute atomic E-state index is 0.289. The van der Waals surface area contributed by atoms with E-state index in [0.29, 0.717) is 6.04 Å². The maximum absolute atomic E-state index is 5.75. The Morgan fingerprint density at radius 2 is 2.18 bits per heavy atom. The SMILES string of the molecule is Cc1cnc(Cl)nc1NCCCN(C)C(C)C. The molecule has 0 radical (unpaired) electrons. The molecule has 0 atom stereocenters. The van der Waals surface area contributed by atoms with E-state index >= 15 is 0 Å². The minimum Gasteiger partial charge on any atom is -0.370 e. The maximum atomic E-state index is 5.75. The Labute approximate surface area is 108 Å². The molecule has 0 aliphatic heterocycles. The smallest absolute Gasteiger partial charge is 0.224 e. The van der Waals surface area contributed by atoms with Crippen molar-refractivity contribution in [2.24, 2.45) is 0 Å². The van der Waals surface area contributed by atoms with Gasteiger partial charge in [-0.2, -0.15) is 0 Å². The molecular formula is C12H21ClN4. The first kappa shape index (κ1) is 14.2. The summed E-state index contributed by atoms with van der Waals surface area (Å²) in [5.41, 5.74) is 1.02. The van der Waals surface area contributed by atoms with E-state index in [-0.39, 0.29) is 5.28 Å². The lowest BCUT2D eigenvalue weighted by Gasteiger charge is -2.20. The molecule has 5 heteroatoms. The fourth-order valence-electron chi connectivity index (χ4n) is 1.39. The Bertz CT molecular complexity index is 354. The van der Waals surface area contributed by atoms with Crippen molar-refractivity contribution in [3.05, 3.63) is 17.0 Å². The van der Waals surface area contributed by atoms with Crippen LogP contribution in [0, 0.1) is 6.92 Å². The molecule has 96 valence electrons. The van der Waals surface area contributed by atoms with Gasteiger partial charge < -0.3 is 10.2 Å². The highest BCUT2D eigenvalue weighted by atomic mass is 35.5. The predicted molar refractivity (Wildman–Crippen MR) is 72.7 cm³/mol. The first-order chi connectivity index (χ1) is 8.00. The molecule has 0 fully saturated rings. The summed E-state index contributed by atoms with van der Waals surface area (Å²) in [6, 6.07) is 0.588. The van der Waals surface area contributed by atoms with Gasteiger partial charge in [0, 0.05) is 24.3 Å². The standard InChI is InChI=1S/C12H21ClN4/c1-9(2)17(4)7-5-6-14-11-10(3)8-15-12(13)16-11/h8-9H,5-7H2,1-4H3,(H,14,15,16). The van der Waals surface area contributed by atoms with Crippen LogP contribution in [0.15, 0.2) is 6.20 Å². The largest absolute Gasteiger partial charge is 0.370 e. The highest BCUT2D eigenvalue weighted by Gasteiger charge is 2.04. The topological polar surface area (TPSA) is 41.1 Å². The number of halogens is 1. The molecule has 17 heavy (non-hydrogen) atoms. The number of rotatable bonds is 6. The van der Waals surface area contributed by atoms with E-state index in [4.69, 9.17) is 11.6 Å². The van der Waals surface area contributed by atoms with Gasteiger partial charge in [-0.05, 0) is 52.4 Å². The van der Waals surface area contributed by atoms with Crippen molar-refractivity contribution in [2.75, 3.05) is 25.5 Å². The lowest BCUT2D eigenvalue weighted by Crippen LogP contribution is -2.28. The molecule has 0 saturated carbocycles. The third kappa shape index (κ3) is 4.88. The fourth-order valence-corrected chi connectivity index (χ4v) is 1.53. The van der Waals surface area contributed by atoms with Gasteiger partial charge in [0.15, 0.2) is 0 Å². The van der Waals surface area contributed by atoms with Gasteiger partial charge in [0.2, 0.25) is 5.28 Å². The second-order valence-electron chi connectivity index (χ2n) is 4.53. The fraction of sp³-hybridized carbons (Fsp3) is 0.667. The first-order valence-electron chi connectivity index (χ1n) is 5.94. The molecule has 1 rings (SSSR count). The van der Waals surface area contributed by atoms with Crippen molar-refractivity contribution in [3.63, 3.8) is 0 Å². The molecule has 1 heterocycles. The average molecular weight is 257 g/mol. The van der Waals surface area contributed by atoms with E-state index in [1.165, 1.54) is 0 Å². The average Bonchev–Trinajstić information content (AvgIpc) is 2.28. The van der Waals surface area contributed by atoms with E-state index in [2.05, 4.69) is 41.1 Å². The van der Waals surface area contributed by atoms with Crippen LogP contribution >= 0.6 is 11.6 Å². The van der Waals surface area contributed by atoms with E-state index in [9.17, 15) is 0 Å². The summed E-state index contributed by atoms with van der Waals surface area (Å²) < 4.78 is 0. The van der Waals surface area contributed by atoms with Gasteiger partial charge in [-0.1, -0.05) is 0 Å². The lowest BCUT2D eigenvalue weighted by atomic mass is 10.3. The second kappa shape index (κ2) is 6.77. The maximum Gasteiger partial charge on any atom is 0.224 e. The van der Waals surface area contributed by atoms with E-state index in [0.717, 1.165) is 30.9 Å². The molecule has 0 amide bonds. The summed E-state index contributed by atoms with van der Waals surface area (Å²) in [5, 5.41) is 3.58. The molecule has 0 bridgehead atoms. The molecule has 1 N–H and O–H groups in total. The molecule has 0 spiro atoms. The van der Waals surface area contributed by atoms with E-state index in [1.54, 1.807) is 6.20 Å². The Kier molecular flexibility index (Phi) is 5.65. The van der Waals surface area contributed by atoms with Crippen LogP contribution in [-0.2, 0) is 0 Å². The Morgan fingerprint density at radius 3 is 2.82 bits per heavy atom. The molecule has 0 saturated heterocycles. The quantitative estimate of drug-likeness (QED) is 0.628. The summed E-state index contributed by atoms with van der Waals surface area (Å²) in [6.07, 6.45) is 2.81. The molecular weight excluding hydrogens is 236 g/mol. The number of anilines is 1. The predicted octanol–water partition coefficient (Wildman–Crippen LogP) is 2.58.